The Morgan fingerprint density at radius 1 is 1.03 bits per heavy atom. The maximum atomic E-state index is 12.9. The molecule has 0 radical (unpaired) electrons. The normalized spacial score (nSPS) is 14.1. The van der Waals surface area contributed by atoms with Gasteiger partial charge in [0.05, 0.1) is 5.69 Å². The number of carbonyl (C=O) groups is 1. The second-order valence-electron chi connectivity index (χ2n) is 8.36. The average molecular weight is 486 g/mol. The minimum absolute atomic E-state index is 0. The summed E-state index contributed by atoms with van der Waals surface area (Å²) in [6, 6.07) is 17.8. The fourth-order valence-corrected chi connectivity index (χ4v) is 4.05. The van der Waals surface area contributed by atoms with E-state index >= 15 is 0 Å². The Balaban J connectivity index is 0.00000306. The first-order valence-corrected chi connectivity index (χ1v) is 11.4. The Kier molecular flexibility index (Phi) is 8.67. The summed E-state index contributed by atoms with van der Waals surface area (Å²) >= 11 is 5.97. The van der Waals surface area contributed by atoms with Crippen LogP contribution in [-0.4, -0.2) is 45.9 Å². The molecule has 0 saturated carbocycles. The molecule has 0 bridgehead atoms. The van der Waals surface area contributed by atoms with Crippen molar-refractivity contribution in [3.63, 3.8) is 0 Å². The van der Waals surface area contributed by atoms with Gasteiger partial charge < -0.3 is 15.5 Å². The lowest BCUT2D eigenvalue weighted by Crippen LogP contribution is -2.46. The van der Waals surface area contributed by atoms with Crippen LogP contribution in [-0.2, 0) is 0 Å². The van der Waals surface area contributed by atoms with E-state index in [4.69, 9.17) is 11.6 Å². The van der Waals surface area contributed by atoms with Gasteiger partial charge in [0.1, 0.15) is 0 Å². The van der Waals surface area contributed by atoms with Crippen LogP contribution in [0.1, 0.15) is 37.0 Å². The molecule has 2 aromatic carbocycles. The molecule has 8 heteroatoms. The highest BCUT2D eigenvalue weighted by Crippen LogP contribution is 2.22. The Morgan fingerprint density at radius 2 is 1.70 bits per heavy atom. The number of hydrogen-bond acceptors (Lipinski definition) is 5. The number of aromatic nitrogens is 2. The first-order chi connectivity index (χ1) is 15.5. The number of amides is 1. The topological polar surface area (TPSA) is 70.2 Å². The van der Waals surface area contributed by atoms with Crippen molar-refractivity contribution < 1.29 is 4.79 Å². The van der Waals surface area contributed by atoms with Crippen LogP contribution in [0.3, 0.4) is 0 Å². The molecule has 4 rings (SSSR count). The summed E-state index contributed by atoms with van der Waals surface area (Å²) < 4.78 is 0. The molecule has 1 aromatic heterocycles. The van der Waals surface area contributed by atoms with Crippen LogP contribution in [0.15, 0.2) is 60.8 Å². The molecule has 3 aromatic rings. The number of nitrogens with zero attached hydrogens (tertiary/aromatic N) is 3. The van der Waals surface area contributed by atoms with Crippen molar-refractivity contribution in [2.24, 2.45) is 0 Å². The number of rotatable bonds is 6. The minimum Gasteiger partial charge on any atom is -0.339 e. The Bertz CT molecular complexity index is 1050. The maximum Gasteiger partial charge on any atom is 0.253 e. The number of anilines is 2. The molecule has 2 heterocycles. The molecule has 6 nitrogen and oxygen atoms in total. The van der Waals surface area contributed by atoms with Gasteiger partial charge in [0.25, 0.3) is 5.91 Å². The predicted molar refractivity (Wildman–Crippen MR) is 137 cm³/mol. The van der Waals surface area contributed by atoms with Gasteiger partial charge in [-0.05, 0) is 55.3 Å². The standard InChI is InChI=1S/C25H28ClN5O.ClH/c1-17(2)28-22-12-15-31(16-13-22)24(32)19-5-9-21(10-6-19)29-25-27-14-11-23(30-25)18-3-7-20(26)8-4-18;/h3-11,14,17,22,28H,12-13,15-16H2,1-2H3,(H,27,29,30);1H. The van der Waals surface area contributed by atoms with Crippen LogP contribution in [0.25, 0.3) is 11.3 Å². The summed E-state index contributed by atoms with van der Waals surface area (Å²) in [7, 11) is 0. The fourth-order valence-electron chi connectivity index (χ4n) is 3.93. The zero-order valence-electron chi connectivity index (χ0n) is 18.8. The Morgan fingerprint density at radius 3 is 2.33 bits per heavy atom. The van der Waals surface area contributed by atoms with Gasteiger partial charge >= 0.3 is 0 Å². The quantitative estimate of drug-likeness (QED) is 0.477. The molecule has 0 atom stereocenters. The van der Waals surface area contributed by atoms with Crippen LogP contribution in [0.2, 0.25) is 5.02 Å². The lowest BCUT2D eigenvalue weighted by Gasteiger charge is -2.33. The van der Waals surface area contributed by atoms with Crippen molar-refractivity contribution >= 4 is 41.6 Å². The molecular formula is C25H29Cl2N5O. The molecule has 0 unspecified atom stereocenters. The van der Waals surface area contributed by atoms with E-state index in [0.29, 0.717) is 28.6 Å². The number of benzene rings is 2. The zero-order valence-corrected chi connectivity index (χ0v) is 20.4. The fraction of sp³-hybridized carbons (Fsp3) is 0.320. The van der Waals surface area contributed by atoms with Crippen LogP contribution in [0.5, 0.6) is 0 Å². The second-order valence-corrected chi connectivity index (χ2v) is 8.80. The maximum absolute atomic E-state index is 12.9. The number of likely N-dealkylation sites (tertiary alicyclic amines) is 1. The summed E-state index contributed by atoms with van der Waals surface area (Å²) in [5, 5.41) is 7.47. The van der Waals surface area contributed by atoms with Crippen molar-refractivity contribution in [3.05, 3.63) is 71.4 Å². The van der Waals surface area contributed by atoms with E-state index in [0.717, 1.165) is 42.9 Å². The minimum atomic E-state index is 0. The number of hydrogen-bond donors (Lipinski definition) is 2. The third-order valence-corrected chi connectivity index (χ3v) is 5.79. The van der Waals surface area contributed by atoms with E-state index in [2.05, 4.69) is 34.4 Å². The molecule has 1 aliphatic heterocycles. The summed E-state index contributed by atoms with van der Waals surface area (Å²) in [6.07, 6.45) is 3.70. The van der Waals surface area contributed by atoms with Crippen molar-refractivity contribution in [2.45, 2.75) is 38.8 Å². The van der Waals surface area contributed by atoms with Gasteiger partial charge in [0.2, 0.25) is 5.95 Å². The summed E-state index contributed by atoms with van der Waals surface area (Å²) in [6.45, 7) is 5.89. The van der Waals surface area contributed by atoms with Gasteiger partial charge in [-0.15, -0.1) is 12.4 Å². The lowest BCUT2D eigenvalue weighted by atomic mass is 10.0. The molecule has 33 heavy (non-hydrogen) atoms. The molecule has 1 fully saturated rings. The summed E-state index contributed by atoms with van der Waals surface area (Å²) in [5.74, 6) is 0.580. The molecule has 2 N–H and O–H groups in total. The summed E-state index contributed by atoms with van der Waals surface area (Å²) in [5.41, 5.74) is 3.30. The van der Waals surface area contributed by atoms with E-state index in [1.165, 1.54) is 0 Å². The molecule has 1 amide bonds. The van der Waals surface area contributed by atoms with E-state index in [9.17, 15) is 4.79 Å². The van der Waals surface area contributed by atoms with Gasteiger partial charge in [0.15, 0.2) is 0 Å². The van der Waals surface area contributed by atoms with E-state index in [1.807, 2.05) is 59.5 Å². The van der Waals surface area contributed by atoms with Gasteiger partial charge in [0, 0.05) is 53.2 Å². The number of piperidine rings is 1. The zero-order chi connectivity index (χ0) is 22.5. The SMILES string of the molecule is CC(C)NC1CCN(C(=O)c2ccc(Nc3nccc(-c4ccc(Cl)cc4)n3)cc2)CC1.Cl. The van der Waals surface area contributed by atoms with Crippen LogP contribution in [0, 0.1) is 0 Å². The predicted octanol–water partition coefficient (Wildman–Crippen LogP) is 5.57. The highest BCUT2D eigenvalue weighted by atomic mass is 35.5. The second kappa shape index (κ2) is 11.5. The Labute approximate surface area is 206 Å². The molecule has 0 aliphatic carbocycles. The lowest BCUT2D eigenvalue weighted by molar-refractivity contribution is 0.0703. The van der Waals surface area contributed by atoms with Gasteiger partial charge in [-0.1, -0.05) is 37.6 Å². The monoisotopic (exact) mass is 485 g/mol. The molecule has 174 valence electrons. The van der Waals surface area contributed by atoms with Crippen molar-refractivity contribution in [1.82, 2.24) is 20.2 Å². The van der Waals surface area contributed by atoms with E-state index in [-0.39, 0.29) is 18.3 Å². The molecule has 0 spiro atoms. The smallest absolute Gasteiger partial charge is 0.253 e. The molecule has 1 aliphatic rings. The van der Waals surface area contributed by atoms with E-state index in [1.54, 1.807) is 6.20 Å². The van der Waals surface area contributed by atoms with Crippen LogP contribution < -0.4 is 10.6 Å². The average Bonchev–Trinajstić information content (AvgIpc) is 2.80. The number of halogens is 2. The third kappa shape index (κ3) is 6.67. The van der Waals surface area contributed by atoms with Crippen molar-refractivity contribution in [1.29, 1.82) is 0 Å². The Hall–Kier alpha value is -2.67. The highest BCUT2D eigenvalue weighted by molar-refractivity contribution is 6.30. The highest BCUT2D eigenvalue weighted by Gasteiger charge is 2.23. The van der Waals surface area contributed by atoms with Gasteiger partial charge in [-0.3, -0.25) is 4.79 Å². The van der Waals surface area contributed by atoms with Crippen molar-refractivity contribution in [3.8, 4) is 11.3 Å². The number of nitrogens with one attached hydrogen (secondary N) is 2. The number of carbonyl (C=O) groups excluding carboxylic acids is 1. The first kappa shape index (κ1) is 25.0. The molecule has 1 saturated heterocycles. The van der Waals surface area contributed by atoms with Crippen molar-refractivity contribution in [2.75, 3.05) is 18.4 Å². The van der Waals surface area contributed by atoms with Crippen LogP contribution >= 0.6 is 24.0 Å². The van der Waals surface area contributed by atoms with Gasteiger partial charge in [-0.25, -0.2) is 9.97 Å². The largest absolute Gasteiger partial charge is 0.339 e. The van der Waals surface area contributed by atoms with Crippen LogP contribution in [0.4, 0.5) is 11.6 Å². The van der Waals surface area contributed by atoms with Gasteiger partial charge in [-0.2, -0.15) is 0 Å². The first-order valence-electron chi connectivity index (χ1n) is 11.0. The third-order valence-electron chi connectivity index (χ3n) is 5.53. The molecular weight excluding hydrogens is 457 g/mol. The van der Waals surface area contributed by atoms with E-state index < -0.39 is 0 Å². The summed E-state index contributed by atoms with van der Waals surface area (Å²) in [4.78, 5) is 23.7.